The Morgan fingerprint density at radius 2 is 1.90 bits per heavy atom. The van der Waals surface area contributed by atoms with E-state index in [9.17, 15) is 13.6 Å². The molecule has 1 N–H and O–H groups in total. The third-order valence-corrected chi connectivity index (χ3v) is 6.33. The summed E-state index contributed by atoms with van der Waals surface area (Å²) in [4.78, 5) is 14.1. The number of halogens is 2. The van der Waals surface area contributed by atoms with Gasteiger partial charge in [0.15, 0.2) is 17.4 Å². The highest BCUT2D eigenvalue weighted by Crippen LogP contribution is 2.40. The second-order valence-electron chi connectivity index (χ2n) is 8.68. The van der Waals surface area contributed by atoms with Crippen molar-refractivity contribution in [3.63, 3.8) is 0 Å². The van der Waals surface area contributed by atoms with Crippen molar-refractivity contribution < 1.29 is 13.6 Å². The summed E-state index contributed by atoms with van der Waals surface area (Å²) >= 11 is 0. The summed E-state index contributed by atoms with van der Waals surface area (Å²) in [7, 11) is 0. The number of nitrogens with zero attached hydrogens (tertiary/aromatic N) is 2. The fourth-order valence-electron chi connectivity index (χ4n) is 4.55. The van der Waals surface area contributed by atoms with Crippen LogP contribution in [0.4, 0.5) is 20.2 Å². The van der Waals surface area contributed by atoms with Gasteiger partial charge in [0.2, 0.25) is 0 Å². The monoisotopic (exact) mass is 421 g/mol. The van der Waals surface area contributed by atoms with Crippen molar-refractivity contribution in [3.8, 4) is 0 Å². The highest BCUT2D eigenvalue weighted by molar-refractivity contribution is 5.99. The van der Waals surface area contributed by atoms with E-state index in [1.165, 1.54) is 12.1 Å². The van der Waals surface area contributed by atoms with Crippen molar-refractivity contribution in [1.82, 2.24) is 4.57 Å². The number of hydrogen-bond acceptors (Lipinski definition) is 3. The SMILES string of the molecule is C=C(c1cc2cc(F)c(F)cc2n1CC1CC1)N1CCNc2cc(C(C)=O)cc(C)c21. The molecule has 0 amide bonds. The van der Waals surface area contributed by atoms with Gasteiger partial charge in [-0.25, -0.2) is 8.78 Å². The number of benzene rings is 2. The van der Waals surface area contributed by atoms with Crippen LogP contribution in [0.25, 0.3) is 16.6 Å². The van der Waals surface area contributed by atoms with Crippen molar-refractivity contribution in [1.29, 1.82) is 0 Å². The molecule has 0 unspecified atom stereocenters. The summed E-state index contributed by atoms with van der Waals surface area (Å²) in [5.41, 5.74) is 5.90. The number of carbonyl (C=O) groups is 1. The standard InChI is InChI=1S/C25H25F2N3O/c1-14-8-18(16(3)31)10-22-25(14)29(7-6-28-22)15(2)23-11-19-9-20(26)21(27)12-24(19)30(23)13-17-4-5-17/h8-12,17,28H,2,4-7,13H2,1,3H3. The van der Waals surface area contributed by atoms with Gasteiger partial charge in [0.25, 0.3) is 0 Å². The quantitative estimate of drug-likeness (QED) is 0.534. The third-order valence-electron chi connectivity index (χ3n) is 6.33. The van der Waals surface area contributed by atoms with Gasteiger partial charge in [-0.2, -0.15) is 0 Å². The average molecular weight is 421 g/mol. The summed E-state index contributed by atoms with van der Waals surface area (Å²) in [5, 5.41) is 4.07. The number of aryl methyl sites for hydroxylation is 1. The predicted octanol–water partition coefficient (Wildman–Crippen LogP) is 5.74. The summed E-state index contributed by atoms with van der Waals surface area (Å²) in [6.07, 6.45) is 2.30. The Bertz CT molecular complexity index is 1240. The van der Waals surface area contributed by atoms with Crippen LogP contribution in [0.15, 0.2) is 36.9 Å². The van der Waals surface area contributed by atoms with Crippen molar-refractivity contribution in [3.05, 3.63) is 65.4 Å². The Morgan fingerprint density at radius 1 is 1.16 bits per heavy atom. The van der Waals surface area contributed by atoms with E-state index >= 15 is 0 Å². The molecule has 2 aromatic carbocycles. The number of ketones is 1. The topological polar surface area (TPSA) is 37.3 Å². The first-order valence-corrected chi connectivity index (χ1v) is 10.7. The molecule has 160 valence electrons. The van der Waals surface area contributed by atoms with E-state index < -0.39 is 11.6 Å². The van der Waals surface area contributed by atoms with E-state index in [0.29, 0.717) is 35.5 Å². The lowest BCUT2D eigenvalue weighted by molar-refractivity contribution is 0.101. The Labute approximate surface area is 180 Å². The second kappa shape index (κ2) is 7.22. The zero-order chi connectivity index (χ0) is 21.9. The second-order valence-corrected chi connectivity index (χ2v) is 8.68. The Hall–Kier alpha value is -3.15. The maximum Gasteiger partial charge on any atom is 0.160 e. The van der Waals surface area contributed by atoms with E-state index in [0.717, 1.165) is 47.7 Å². The molecule has 1 saturated carbocycles. The maximum atomic E-state index is 14.0. The summed E-state index contributed by atoms with van der Waals surface area (Å²) in [5.74, 6) is -1.09. The number of rotatable bonds is 5. The molecule has 1 fully saturated rings. The molecule has 1 aliphatic carbocycles. The minimum Gasteiger partial charge on any atom is -0.382 e. The molecule has 1 aliphatic heterocycles. The molecular weight excluding hydrogens is 396 g/mol. The molecule has 0 spiro atoms. The number of anilines is 2. The van der Waals surface area contributed by atoms with Crippen LogP contribution in [0.3, 0.4) is 0 Å². The van der Waals surface area contributed by atoms with Crippen LogP contribution in [0.5, 0.6) is 0 Å². The summed E-state index contributed by atoms with van der Waals surface area (Å²) < 4.78 is 30.0. The van der Waals surface area contributed by atoms with Gasteiger partial charge in [-0.15, -0.1) is 0 Å². The van der Waals surface area contributed by atoms with Gasteiger partial charge in [0.05, 0.1) is 28.3 Å². The molecule has 31 heavy (non-hydrogen) atoms. The van der Waals surface area contributed by atoms with Crippen molar-refractivity contribution in [2.24, 2.45) is 5.92 Å². The zero-order valence-electron chi connectivity index (χ0n) is 17.8. The highest BCUT2D eigenvalue weighted by atomic mass is 19.2. The lowest BCUT2D eigenvalue weighted by atomic mass is 10.0. The van der Waals surface area contributed by atoms with Crippen LogP contribution < -0.4 is 10.2 Å². The smallest absolute Gasteiger partial charge is 0.160 e. The van der Waals surface area contributed by atoms with E-state index in [2.05, 4.69) is 21.4 Å². The van der Waals surface area contributed by atoms with Crippen molar-refractivity contribution >= 4 is 33.8 Å². The first-order valence-electron chi connectivity index (χ1n) is 10.7. The van der Waals surface area contributed by atoms with Crippen LogP contribution in [0.2, 0.25) is 0 Å². The number of nitrogens with one attached hydrogen (secondary N) is 1. The van der Waals surface area contributed by atoms with Gasteiger partial charge < -0.3 is 14.8 Å². The fourth-order valence-corrected chi connectivity index (χ4v) is 4.55. The predicted molar refractivity (Wildman–Crippen MR) is 121 cm³/mol. The number of aromatic nitrogens is 1. The molecule has 0 bridgehead atoms. The maximum absolute atomic E-state index is 14.0. The van der Waals surface area contributed by atoms with E-state index in [1.54, 1.807) is 6.92 Å². The molecule has 6 heteroatoms. The molecular formula is C25H25F2N3O. The number of Topliss-reactive ketones (excluding diaryl/α,β-unsaturated/α-hetero) is 1. The molecule has 1 aromatic heterocycles. The Kier molecular flexibility index (Phi) is 4.61. The Balaban J connectivity index is 1.62. The molecule has 4 nitrogen and oxygen atoms in total. The lowest BCUT2D eigenvalue weighted by Gasteiger charge is -2.35. The third kappa shape index (κ3) is 3.40. The van der Waals surface area contributed by atoms with E-state index in [1.807, 2.05) is 25.1 Å². The van der Waals surface area contributed by atoms with Crippen LogP contribution in [0.1, 0.15) is 41.4 Å². The minimum atomic E-state index is -0.839. The van der Waals surface area contributed by atoms with E-state index in [4.69, 9.17) is 0 Å². The fraction of sp³-hybridized carbons (Fsp3) is 0.320. The number of hydrogen-bond donors (Lipinski definition) is 1. The van der Waals surface area contributed by atoms with Gasteiger partial charge in [-0.1, -0.05) is 6.58 Å². The van der Waals surface area contributed by atoms with Gasteiger partial charge in [0, 0.05) is 36.7 Å². The average Bonchev–Trinajstić information content (AvgIpc) is 3.49. The van der Waals surface area contributed by atoms with Crippen molar-refractivity contribution in [2.45, 2.75) is 33.2 Å². The van der Waals surface area contributed by atoms with Gasteiger partial charge in [-0.05, 0) is 62.4 Å². The normalized spacial score (nSPS) is 15.7. The summed E-state index contributed by atoms with van der Waals surface area (Å²) in [6, 6.07) is 8.25. The number of fused-ring (bicyclic) bond motifs is 2. The van der Waals surface area contributed by atoms with Crippen LogP contribution in [-0.4, -0.2) is 23.4 Å². The molecule has 3 aromatic rings. The molecule has 0 radical (unpaired) electrons. The largest absolute Gasteiger partial charge is 0.382 e. The van der Waals surface area contributed by atoms with Crippen LogP contribution in [-0.2, 0) is 6.54 Å². The Morgan fingerprint density at radius 3 is 2.61 bits per heavy atom. The van der Waals surface area contributed by atoms with Crippen molar-refractivity contribution in [2.75, 3.05) is 23.3 Å². The van der Waals surface area contributed by atoms with Gasteiger partial charge >= 0.3 is 0 Å². The summed E-state index contributed by atoms with van der Waals surface area (Å²) in [6.45, 7) is 10.1. The minimum absolute atomic E-state index is 0.0252. The van der Waals surface area contributed by atoms with E-state index in [-0.39, 0.29) is 5.78 Å². The number of carbonyl (C=O) groups excluding carboxylic acids is 1. The molecule has 2 aliphatic rings. The lowest BCUT2D eigenvalue weighted by Crippen LogP contribution is -2.34. The molecule has 0 saturated heterocycles. The van der Waals surface area contributed by atoms with Gasteiger partial charge in [0.1, 0.15) is 0 Å². The van der Waals surface area contributed by atoms with Crippen LogP contribution >= 0.6 is 0 Å². The van der Waals surface area contributed by atoms with Gasteiger partial charge in [-0.3, -0.25) is 4.79 Å². The molecule has 2 heterocycles. The first-order chi connectivity index (χ1) is 14.8. The zero-order valence-corrected chi connectivity index (χ0v) is 17.8. The molecule has 0 atom stereocenters. The first kappa shape index (κ1) is 19.8. The highest BCUT2D eigenvalue weighted by Gasteiger charge is 2.28. The molecule has 5 rings (SSSR count). The van der Waals surface area contributed by atoms with Crippen LogP contribution in [0, 0.1) is 24.5 Å².